The lowest BCUT2D eigenvalue weighted by Gasteiger charge is -2.29. The Morgan fingerprint density at radius 2 is 1.07 bits per heavy atom. The van der Waals surface area contributed by atoms with Crippen LogP contribution < -0.4 is 5.32 Å². The van der Waals surface area contributed by atoms with Crippen LogP contribution >= 0.6 is 0 Å². The summed E-state index contributed by atoms with van der Waals surface area (Å²) in [4.78, 5) is 5.34. The Morgan fingerprint density at radius 3 is 1.87 bits per heavy atom. The monoisotopic (exact) mass is 690 g/mol. The first-order chi connectivity index (χ1) is 26.8. The highest BCUT2D eigenvalue weighted by Gasteiger charge is 2.27. The normalized spacial score (nSPS) is 14.0. The molecular formula is C50H34N4. The Kier molecular flexibility index (Phi) is 6.89. The van der Waals surface area contributed by atoms with Gasteiger partial charge in [-0.3, -0.25) is 0 Å². The number of benzene rings is 8. The zero-order valence-corrected chi connectivity index (χ0v) is 29.4. The van der Waals surface area contributed by atoms with Crippen molar-refractivity contribution in [3.8, 4) is 22.5 Å². The third-order valence-electron chi connectivity index (χ3n) is 10.9. The van der Waals surface area contributed by atoms with Crippen molar-refractivity contribution in [2.75, 3.05) is 5.32 Å². The van der Waals surface area contributed by atoms with E-state index in [-0.39, 0.29) is 6.04 Å². The average molecular weight is 691 g/mol. The summed E-state index contributed by atoms with van der Waals surface area (Å²) in [5, 5.41) is 8.95. The molecule has 0 radical (unpaired) electrons. The average Bonchev–Trinajstić information content (AvgIpc) is 3.77. The topological polar surface area (TPSA) is 34.2 Å². The molecule has 4 nitrogen and oxygen atoms in total. The number of fused-ring (bicyclic) bond motifs is 8. The van der Waals surface area contributed by atoms with Crippen LogP contribution in [0.3, 0.4) is 0 Å². The van der Waals surface area contributed by atoms with E-state index in [9.17, 15) is 0 Å². The number of anilines is 1. The van der Waals surface area contributed by atoms with Gasteiger partial charge in [-0.15, -0.1) is 0 Å². The van der Waals surface area contributed by atoms with Gasteiger partial charge in [-0.1, -0.05) is 146 Å². The van der Waals surface area contributed by atoms with E-state index >= 15 is 0 Å². The van der Waals surface area contributed by atoms with Gasteiger partial charge in [0.05, 0.1) is 45.2 Å². The van der Waals surface area contributed by atoms with Gasteiger partial charge in [0.2, 0.25) is 0 Å². The Labute approximate surface area is 312 Å². The molecule has 1 aliphatic rings. The quantitative estimate of drug-likeness (QED) is 0.192. The van der Waals surface area contributed by atoms with Crippen molar-refractivity contribution in [3.05, 3.63) is 205 Å². The summed E-state index contributed by atoms with van der Waals surface area (Å²) >= 11 is 0. The van der Waals surface area contributed by atoms with Crippen LogP contribution in [0.1, 0.15) is 17.2 Å². The highest BCUT2D eigenvalue weighted by molar-refractivity contribution is 6.26. The number of hydrogen-bond acceptors (Lipinski definition) is 2. The van der Waals surface area contributed by atoms with Crippen molar-refractivity contribution in [2.24, 2.45) is 4.99 Å². The predicted octanol–water partition coefficient (Wildman–Crippen LogP) is 12.8. The molecular weight excluding hydrogens is 657 g/mol. The van der Waals surface area contributed by atoms with E-state index in [1.165, 1.54) is 49.2 Å². The molecule has 3 heterocycles. The summed E-state index contributed by atoms with van der Waals surface area (Å²) in [6.07, 6.45) is 0. The third-order valence-corrected chi connectivity index (χ3v) is 10.9. The highest BCUT2D eigenvalue weighted by atomic mass is 15.0. The largest absolute Gasteiger partial charge is 0.370 e. The third kappa shape index (κ3) is 4.67. The maximum absolute atomic E-state index is 5.34. The second-order valence-electron chi connectivity index (χ2n) is 14.0. The standard InChI is InChI=1S/C50H34N4/c1-4-16-33(17-5-1)47-48(34-18-6-2-7-19-34)52-49-38(26-15-27-42(49)51-47)35-20-14-23-37(32-35)53-44-29-13-11-25-41(44)46-45(53)31-30-40-39-24-10-12-28-43(39)54(50(40)46)36-21-8-3-9-22-36/h1-32,48,52H. The summed E-state index contributed by atoms with van der Waals surface area (Å²) in [6.45, 7) is 0. The zero-order valence-electron chi connectivity index (χ0n) is 29.4. The van der Waals surface area contributed by atoms with Crippen LogP contribution in [0.2, 0.25) is 0 Å². The van der Waals surface area contributed by atoms with Gasteiger partial charge in [-0.25, -0.2) is 4.99 Å². The number of nitrogens with zero attached hydrogens (tertiary/aromatic N) is 3. The molecule has 8 aromatic carbocycles. The van der Waals surface area contributed by atoms with Crippen molar-refractivity contribution in [1.82, 2.24) is 9.13 Å². The lowest BCUT2D eigenvalue weighted by Crippen LogP contribution is -2.25. The molecule has 54 heavy (non-hydrogen) atoms. The molecule has 0 saturated carbocycles. The SMILES string of the molecule is c1ccc(C2=Nc3cccc(-c4cccc(-n5c6ccccc6c6c5ccc5c7ccccc7n(-c7ccccc7)c56)c4)c3NC2c2ccccc2)cc1. The first-order valence-corrected chi connectivity index (χ1v) is 18.5. The minimum absolute atomic E-state index is 0.0958. The Bertz CT molecular complexity index is 3060. The summed E-state index contributed by atoms with van der Waals surface area (Å²) in [5.74, 6) is 0. The minimum atomic E-state index is -0.0958. The molecule has 0 aliphatic carbocycles. The zero-order chi connectivity index (χ0) is 35.6. The van der Waals surface area contributed by atoms with Crippen LogP contribution in [-0.4, -0.2) is 14.8 Å². The fraction of sp³-hybridized carbons (Fsp3) is 0.0200. The van der Waals surface area contributed by atoms with E-state index < -0.39 is 0 Å². The van der Waals surface area contributed by atoms with Crippen LogP contribution in [-0.2, 0) is 0 Å². The number of nitrogens with one attached hydrogen (secondary N) is 1. The van der Waals surface area contributed by atoms with Crippen LogP contribution in [0.5, 0.6) is 0 Å². The second kappa shape index (κ2) is 12.2. The molecule has 1 atom stereocenters. The van der Waals surface area contributed by atoms with Crippen LogP contribution in [0.15, 0.2) is 199 Å². The van der Waals surface area contributed by atoms with E-state index in [2.05, 4.69) is 209 Å². The Morgan fingerprint density at radius 1 is 0.444 bits per heavy atom. The van der Waals surface area contributed by atoms with Crippen molar-refractivity contribution < 1.29 is 0 Å². The molecule has 4 heteroatoms. The van der Waals surface area contributed by atoms with E-state index in [0.717, 1.165) is 45.2 Å². The lowest BCUT2D eigenvalue weighted by molar-refractivity contribution is 1.02. The maximum atomic E-state index is 5.34. The van der Waals surface area contributed by atoms with Gasteiger partial charge in [-0.05, 0) is 65.2 Å². The molecule has 1 N–H and O–H groups in total. The van der Waals surface area contributed by atoms with Gasteiger partial charge in [-0.2, -0.15) is 0 Å². The van der Waals surface area contributed by atoms with Crippen molar-refractivity contribution >= 4 is 60.7 Å². The summed E-state index contributed by atoms with van der Waals surface area (Å²) in [7, 11) is 0. The van der Waals surface area contributed by atoms with Crippen LogP contribution in [0, 0.1) is 0 Å². The first-order valence-electron chi connectivity index (χ1n) is 18.5. The van der Waals surface area contributed by atoms with Gasteiger partial charge in [0.15, 0.2) is 0 Å². The summed E-state index contributed by atoms with van der Waals surface area (Å²) in [6, 6.07) is 69.4. The smallest absolute Gasteiger partial charge is 0.0947 e. The second-order valence-corrected chi connectivity index (χ2v) is 14.0. The molecule has 10 aromatic rings. The van der Waals surface area contributed by atoms with Crippen molar-refractivity contribution in [2.45, 2.75) is 6.04 Å². The van der Waals surface area contributed by atoms with Crippen LogP contribution in [0.25, 0.3) is 66.1 Å². The molecule has 2 aromatic heterocycles. The number of hydrogen-bond donors (Lipinski definition) is 1. The van der Waals surface area contributed by atoms with Gasteiger partial charge in [0, 0.05) is 38.5 Å². The number of aromatic nitrogens is 2. The number of rotatable bonds is 5. The van der Waals surface area contributed by atoms with Gasteiger partial charge in [0.25, 0.3) is 0 Å². The Hall–Kier alpha value is -7.17. The van der Waals surface area contributed by atoms with E-state index in [4.69, 9.17) is 4.99 Å². The molecule has 0 fully saturated rings. The highest BCUT2D eigenvalue weighted by Crippen LogP contribution is 2.45. The summed E-state index contributed by atoms with van der Waals surface area (Å²) in [5.41, 5.74) is 14.6. The Balaban J connectivity index is 1.12. The molecule has 0 spiro atoms. The first kappa shape index (κ1) is 30.5. The maximum Gasteiger partial charge on any atom is 0.0947 e. The molecule has 1 aliphatic heterocycles. The van der Waals surface area contributed by atoms with E-state index in [1.54, 1.807) is 0 Å². The molecule has 0 amide bonds. The fourth-order valence-corrected chi connectivity index (χ4v) is 8.60. The number of aliphatic imine (C=N–C) groups is 1. The fourth-order valence-electron chi connectivity index (χ4n) is 8.60. The number of para-hydroxylation sites is 4. The molecule has 11 rings (SSSR count). The predicted molar refractivity (Wildman–Crippen MR) is 226 cm³/mol. The van der Waals surface area contributed by atoms with Gasteiger partial charge in [0.1, 0.15) is 0 Å². The van der Waals surface area contributed by atoms with Gasteiger partial charge < -0.3 is 14.5 Å². The van der Waals surface area contributed by atoms with Crippen molar-refractivity contribution in [1.29, 1.82) is 0 Å². The van der Waals surface area contributed by atoms with E-state index in [1.807, 2.05) is 0 Å². The summed E-state index contributed by atoms with van der Waals surface area (Å²) < 4.78 is 4.87. The molecule has 0 bridgehead atoms. The van der Waals surface area contributed by atoms with E-state index in [0.29, 0.717) is 0 Å². The lowest BCUT2D eigenvalue weighted by atomic mass is 9.92. The molecule has 0 saturated heterocycles. The molecule has 254 valence electrons. The van der Waals surface area contributed by atoms with Crippen LogP contribution in [0.4, 0.5) is 11.4 Å². The molecule has 1 unspecified atom stereocenters. The van der Waals surface area contributed by atoms with Gasteiger partial charge >= 0.3 is 0 Å². The van der Waals surface area contributed by atoms with Crippen molar-refractivity contribution in [3.63, 3.8) is 0 Å². The minimum Gasteiger partial charge on any atom is -0.370 e.